The summed E-state index contributed by atoms with van der Waals surface area (Å²) in [6.07, 6.45) is 0.334. The Balaban J connectivity index is 1.30. The first kappa shape index (κ1) is 20.1. The second kappa shape index (κ2) is 9.11. The van der Waals surface area contributed by atoms with Gasteiger partial charge in [-0.25, -0.2) is 4.98 Å². The number of aromatic nitrogens is 1. The van der Waals surface area contributed by atoms with Gasteiger partial charge in [-0.3, -0.25) is 9.69 Å². The Kier molecular flexibility index (Phi) is 6.33. The number of benzene rings is 2. The van der Waals surface area contributed by atoms with Gasteiger partial charge in [0.15, 0.2) is 5.13 Å². The summed E-state index contributed by atoms with van der Waals surface area (Å²) in [4.78, 5) is 21.2. The third-order valence-electron chi connectivity index (χ3n) is 5.06. The minimum atomic E-state index is -0.173. The smallest absolute Gasteiger partial charge is 0.310 e. The van der Waals surface area contributed by atoms with Gasteiger partial charge in [0.1, 0.15) is 0 Å². The minimum Gasteiger partial charge on any atom is -0.466 e. The van der Waals surface area contributed by atoms with Gasteiger partial charge >= 0.3 is 5.97 Å². The van der Waals surface area contributed by atoms with Gasteiger partial charge in [0.2, 0.25) is 0 Å². The maximum atomic E-state index is 11.6. The van der Waals surface area contributed by atoms with E-state index >= 15 is 0 Å². The fraction of sp³-hybridized carbons (Fsp3) is 0.364. The summed E-state index contributed by atoms with van der Waals surface area (Å²) in [7, 11) is 0. The zero-order valence-electron chi connectivity index (χ0n) is 16.4. The predicted octanol–water partition coefficient (Wildman–Crippen LogP) is 4.38. The molecule has 7 heteroatoms. The molecule has 1 saturated heterocycles. The fourth-order valence-corrected chi connectivity index (χ4v) is 4.81. The van der Waals surface area contributed by atoms with Gasteiger partial charge in [0.05, 0.1) is 23.2 Å². The van der Waals surface area contributed by atoms with Crippen LogP contribution >= 0.6 is 22.9 Å². The lowest BCUT2D eigenvalue weighted by molar-refractivity contribution is -0.142. The van der Waals surface area contributed by atoms with E-state index in [1.807, 2.05) is 37.3 Å². The van der Waals surface area contributed by atoms with E-state index in [-0.39, 0.29) is 5.97 Å². The number of piperazine rings is 1. The third kappa shape index (κ3) is 5.07. The normalized spacial score (nSPS) is 15.0. The number of thiazole rings is 1. The highest BCUT2D eigenvalue weighted by Crippen LogP contribution is 2.31. The van der Waals surface area contributed by atoms with Gasteiger partial charge in [0.25, 0.3) is 0 Å². The van der Waals surface area contributed by atoms with Crippen LogP contribution in [0.4, 0.5) is 5.13 Å². The average molecular weight is 430 g/mol. The second-order valence-corrected chi connectivity index (χ2v) is 8.62. The molecule has 0 atom stereocenters. The molecule has 0 unspecified atom stereocenters. The van der Waals surface area contributed by atoms with Crippen molar-refractivity contribution in [2.45, 2.75) is 19.9 Å². The van der Waals surface area contributed by atoms with Crippen LogP contribution in [0.3, 0.4) is 0 Å². The van der Waals surface area contributed by atoms with Gasteiger partial charge in [-0.1, -0.05) is 47.2 Å². The van der Waals surface area contributed by atoms with Crippen molar-refractivity contribution in [2.75, 3.05) is 37.7 Å². The second-order valence-electron chi connectivity index (χ2n) is 7.17. The van der Waals surface area contributed by atoms with E-state index in [0.29, 0.717) is 13.0 Å². The molecule has 1 aliphatic rings. The number of halogens is 1. The highest BCUT2D eigenvalue weighted by atomic mass is 35.5. The summed E-state index contributed by atoms with van der Waals surface area (Å²) in [5.74, 6) is -0.173. The summed E-state index contributed by atoms with van der Waals surface area (Å²) >= 11 is 7.80. The lowest BCUT2D eigenvalue weighted by atomic mass is 10.1. The van der Waals surface area contributed by atoms with E-state index in [1.54, 1.807) is 11.3 Å². The Bertz CT molecular complexity index is 981. The summed E-state index contributed by atoms with van der Waals surface area (Å²) in [6, 6.07) is 14.1. The monoisotopic (exact) mass is 429 g/mol. The molecule has 1 aromatic heterocycles. The Hall–Kier alpha value is -2.15. The first-order valence-corrected chi connectivity index (χ1v) is 11.1. The lowest BCUT2D eigenvalue weighted by Gasteiger charge is -2.34. The van der Waals surface area contributed by atoms with Crippen molar-refractivity contribution >= 4 is 44.3 Å². The van der Waals surface area contributed by atoms with Gasteiger partial charge in [0, 0.05) is 37.7 Å². The molecule has 0 N–H and O–H groups in total. The molecule has 5 nitrogen and oxygen atoms in total. The number of carbonyl (C=O) groups excluding carboxylic acids is 1. The number of ether oxygens (including phenoxy) is 1. The van der Waals surface area contributed by atoms with Gasteiger partial charge in [-0.2, -0.15) is 0 Å². The summed E-state index contributed by atoms with van der Waals surface area (Å²) in [6.45, 7) is 7.11. The quantitative estimate of drug-likeness (QED) is 0.544. The molecule has 0 radical (unpaired) electrons. The maximum absolute atomic E-state index is 11.6. The first-order valence-electron chi connectivity index (χ1n) is 9.87. The highest BCUT2D eigenvalue weighted by molar-refractivity contribution is 7.22. The Morgan fingerprint density at radius 1 is 1.10 bits per heavy atom. The molecule has 2 heterocycles. The topological polar surface area (TPSA) is 45.7 Å². The molecule has 3 aromatic rings. The molecule has 152 valence electrons. The molecular formula is C22H24ClN3O2S. The van der Waals surface area contributed by atoms with Crippen molar-refractivity contribution in [2.24, 2.45) is 0 Å². The lowest BCUT2D eigenvalue weighted by Crippen LogP contribution is -2.45. The van der Waals surface area contributed by atoms with E-state index in [0.717, 1.165) is 58.7 Å². The van der Waals surface area contributed by atoms with E-state index in [1.165, 1.54) is 5.56 Å². The summed E-state index contributed by atoms with van der Waals surface area (Å²) in [5, 5.41) is 1.83. The van der Waals surface area contributed by atoms with Crippen molar-refractivity contribution < 1.29 is 9.53 Å². The third-order valence-corrected chi connectivity index (χ3v) is 6.38. The fourth-order valence-electron chi connectivity index (χ4n) is 3.52. The SMILES string of the molecule is CCOC(=O)Cc1ccc(CN2CCN(c3nc4ccc(Cl)cc4s3)CC2)cc1. The van der Waals surface area contributed by atoms with Crippen LogP contribution < -0.4 is 4.90 Å². The van der Waals surface area contributed by atoms with Crippen molar-refractivity contribution in [3.8, 4) is 0 Å². The highest BCUT2D eigenvalue weighted by Gasteiger charge is 2.20. The number of esters is 1. The van der Waals surface area contributed by atoms with Gasteiger partial charge in [-0.05, 0) is 36.2 Å². The zero-order chi connectivity index (χ0) is 20.2. The van der Waals surface area contributed by atoms with E-state index in [4.69, 9.17) is 21.3 Å². The van der Waals surface area contributed by atoms with Crippen LogP contribution in [0.25, 0.3) is 10.2 Å². The van der Waals surface area contributed by atoms with Crippen LogP contribution in [0.1, 0.15) is 18.1 Å². The number of anilines is 1. The molecule has 1 aliphatic heterocycles. The molecular weight excluding hydrogens is 406 g/mol. The number of fused-ring (bicyclic) bond motifs is 1. The van der Waals surface area contributed by atoms with Crippen LogP contribution in [0.2, 0.25) is 5.02 Å². The zero-order valence-corrected chi connectivity index (χ0v) is 18.0. The molecule has 0 amide bonds. The van der Waals surface area contributed by atoms with Crippen LogP contribution in [-0.4, -0.2) is 48.6 Å². The maximum Gasteiger partial charge on any atom is 0.310 e. The molecule has 4 rings (SSSR count). The van der Waals surface area contributed by atoms with Crippen LogP contribution in [0.5, 0.6) is 0 Å². The Morgan fingerprint density at radius 2 is 1.83 bits per heavy atom. The predicted molar refractivity (Wildman–Crippen MR) is 119 cm³/mol. The first-order chi connectivity index (χ1) is 14.1. The molecule has 29 heavy (non-hydrogen) atoms. The number of nitrogens with zero attached hydrogens (tertiary/aromatic N) is 3. The molecule has 0 saturated carbocycles. The van der Waals surface area contributed by atoms with Crippen LogP contribution in [-0.2, 0) is 22.5 Å². The molecule has 0 spiro atoms. The summed E-state index contributed by atoms with van der Waals surface area (Å²) < 4.78 is 6.14. The van der Waals surface area contributed by atoms with E-state index < -0.39 is 0 Å². The van der Waals surface area contributed by atoms with Crippen molar-refractivity contribution in [3.63, 3.8) is 0 Å². The van der Waals surface area contributed by atoms with E-state index in [2.05, 4.69) is 21.9 Å². The Morgan fingerprint density at radius 3 is 2.55 bits per heavy atom. The van der Waals surface area contributed by atoms with E-state index in [9.17, 15) is 4.79 Å². The van der Waals surface area contributed by atoms with Crippen LogP contribution in [0, 0.1) is 0 Å². The van der Waals surface area contributed by atoms with Crippen LogP contribution in [0.15, 0.2) is 42.5 Å². The van der Waals surface area contributed by atoms with Crippen molar-refractivity contribution in [1.82, 2.24) is 9.88 Å². The minimum absolute atomic E-state index is 0.173. The molecule has 0 bridgehead atoms. The number of rotatable bonds is 6. The number of carbonyl (C=O) groups is 1. The molecule has 2 aromatic carbocycles. The Labute approximate surface area is 179 Å². The molecule has 1 fully saturated rings. The van der Waals surface area contributed by atoms with Crippen molar-refractivity contribution in [1.29, 1.82) is 0 Å². The largest absolute Gasteiger partial charge is 0.466 e. The number of hydrogen-bond acceptors (Lipinski definition) is 6. The number of hydrogen-bond donors (Lipinski definition) is 0. The van der Waals surface area contributed by atoms with Crippen molar-refractivity contribution in [3.05, 3.63) is 58.6 Å². The average Bonchev–Trinajstić information content (AvgIpc) is 3.13. The van der Waals surface area contributed by atoms with Gasteiger partial charge in [-0.15, -0.1) is 0 Å². The summed E-state index contributed by atoms with van der Waals surface area (Å²) in [5.41, 5.74) is 3.27. The van der Waals surface area contributed by atoms with Gasteiger partial charge < -0.3 is 9.64 Å². The molecule has 0 aliphatic carbocycles. The standard InChI is InChI=1S/C22H24ClN3O2S/c1-2-28-21(27)13-16-3-5-17(6-4-16)15-25-9-11-26(12-10-25)22-24-19-8-7-18(23)14-20(19)29-22/h3-8,14H,2,9-13,15H2,1H3.